The molecule has 0 aliphatic heterocycles. The summed E-state index contributed by atoms with van der Waals surface area (Å²) >= 11 is 0. The van der Waals surface area contributed by atoms with Crippen LogP contribution in [0.2, 0.25) is 0 Å². The van der Waals surface area contributed by atoms with Gasteiger partial charge in [0.15, 0.2) is 0 Å². The second-order valence-corrected chi connectivity index (χ2v) is 5.87. The molecule has 0 spiro atoms. The Bertz CT molecular complexity index is 611. The van der Waals surface area contributed by atoms with E-state index in [2.05, 4.69) is 5.92 Å². The van der Waals surface area contributed by atoms with Crippen LogP contribution in [0.25, 0.3) is 0 Å². The summed E-state index contributed by atoms with van der Waals surface area (Å²) in [6.45, 7) is 4.87. The molecule has 0 unspecified atom stereocenters. The van der Waals surface area contributed by atoms with Gasteiger partial charge in [0.05, 0.1) is 13.2 Å². The quantitative estimate of drug-likeness (QED) is 0.595. The van der Waals surface area contributed by atoms with E-state index >= 15 is 0 Å². The van der Waals surface area contributed by atoms with E-state index in [4.69, 9.17) is 20.1 Å². The zero-order valence-corrected chi connectivity index (χ0v) is 12.8. The number of hydrogen-bond donors (Lipinski definition) is 0. The molecule has 0 fully saturated rings. The maximum Gasteiger partial charge on any atom is 0.301 e. The Morgan fingerprint density at radius 1 is 1.35 bits per heavy atom. The van der Waals surface area contributed by atoms with E-state index in [1.54, 1.807) is 26.8 Å². The molecule has 0 radical (unpaired) electrons. The molecule has 110 valence electrons. The van der Waals surface area contributed by atoms with Crippen molar-refractivity contribution < 1.29 is 22.1 Å². The highest BCUT2D eigenvalue weighted by Crippen LogP contribution is 2.33. The highest BCUT2D eigenvalue weighted by atomic mass is 32.2. The number of aryl methyl sites for hydroxylation is 1. The van der Waals surface area contributed by atoms with Gasteiger partial charge in [0.2, 0.25) is 0 Å². The Morgan fingerprint density at radius 2 is 2.00 bits per heavy atom. The molecule has 6 heteroatoms. The van der Waals surface area contributed by atoms with Crippen molar-refractivity contribution in [1.82, 2.24) is 0 Å². The van der Waals surface area contributed by atoms with Crippen LogP contribution in [0.5, 0.6) is 11.5 Å². The molecule has 0 saturated heterocycles. The summed E-state index contributed by atoms with van der Waals surface area (Å²) in [5.41, 5.74) is 0.469. The van der Waals surface area contributed by atoms with Crippen LogP contribution in [0.15, 0.2) is 17.0 Å². The van der Waals surface area contributed by atoms with Gasteiger partial charge in [0.1, 0.15) is 23.0 Å². The van der Waals surface area contributed by atoms with Gasteiger partial charge in [0.25, 0.3) is 0 Å². The summed E-state index contributed by atoms with van der Waals surface area (Å²) in [6, 6.07) is 3.07. The van der Waals surface area contributed by atoms with E-state index in [1.165, 1.54) is 13.2 Å². The highest BCUT2D eigenvalue weighted by Gasteiger charge is 2.25. The average molecular weight is 298 g/mol. The van der Waals surface area contributed by atoms with E-state index in [1.807, 2.05) is 0 Å². The first-order valence-electron chi connectivity index (χ1n) is 6.00. The van der Waals surface area contributed by atoms with E-state index in [0.29, 0.717) is 11.3 Å². The molecule has 1 aromatic carbocycles. The second kappa shape index (κ2) is 6.64. The lowest BCUT2D eigenvalue weighted by atomic mass is 10.2. The van der Waals surface area contributed by atoms with E-state index in [0.717, 1.165) is 0 Å². The fraction of sp³-hybridized carbons (Fsp3) is 0.429. The molecule has 0 atom stereocenters. The SMILES string of the molecule is C#CCOc1cc(OC)cc(C)c1S(=O)(=O)OC(C)C. The molecule has 0 saturated carbocycles. The number of benzene rings is 1. The predicted molar refractivity (Wildman–Crippen MR) is 75.5 cm³/mol. The summed E-state index contributed by atoms with van der Waals surface area (Å²) in [4.78, 5) is -0.0257. The third-order valence-corrected chi connectivity index (χ3v) is 3.99. The first-order chi connectivity index (χ1) is 9.31. The number of methoxy groups -OCH3 is 1. The lowest BCUT2D eigenvalue weighted by Gasteiger charge is -2.16. The maximum atomic E-state index is 12.3. The zero-order chi connectivity index (χ0) is 15.3. The monoisotopic (exact) mass is 298 g/mol. The Morgan fingerprint density at radius 3 is 2.50 bits per heavy atom. The van der Waals surface area contributed by atoms with Crippen molar-refractivity contribution in [3.05, 3.63) is 17.7 Å². The topological polar surface area (TPSA) is 61.8 Å². The van der Waals surface area contributed by atoms with Crippen LogP contribution in [0.1, 0.15) is 19.4 Å². The van der Waals surface area contributed by atoms with Crippen LogP contribution in [-0.2, 0) is 14.3 Å². The predicted octanol–water partition coefficient (Wildman–Crippen LogP) is 2.13. The summed E-state index contributed by atoms with van der Waals surface area (Å²) < 4.78 is 39.9. The summed E-state index contributed by atoms with van der Waals surface area (Å²) in [5, 5.41) is 0. The molecule has 5 nitrogen and oxygen atoms in total. The Kier molecular flexibility index (Phi) is 5.43. The normalized spacial score (nSPS) is 11.2. The first kappa shape index (κ1) is 16.3. The van der Waals surface area contributed by atoms with Gasteiger partial charge in [0, 0.05) is 6.07 Å². The van der Waals surface area contributed by atoms with Crippen LogP contribution in [0.4, 0.5) is 0 Å². The zero-order valence-electron chi connectivity index (χ0n) is 12.0. The van der Waals surface area contributed by atoms with Crippen molar-refractivity contribution in [3.63, 3.8) is 0 Å². The van der Waals surface area contributed by atoms with E-state index in [-0.39, 0.29) is 17.3 Å². The van der Waals surface area contributed by atoms with E-state index in [9.17, 15) is 8.42 Å². The molecule has 0 aliphatic rings. The smallest absolute Gasteiger partial charge is 0.301 e. The molecule has 0 aromatic heterocycles. The molecule has 0 amide bonds. The molecule has 0 N–H and O–H groups in total. The van der Waals surface area contributed by atoms with Crippen molar-refractivity contribution >= 4 is 10.1 Å². The minimum atomic E-state index is -3.93. The van der Waals surface area contributed by atoms with Gasteiger partial charge >= 0.3 is 10.1 Å². The number of ether oxygens (including phenoxy) is 2. The van der Waals surface area contributed by atoms with Crippen LogP contribution < -0.4 is 9.47 Å². The number of rotatable bonds is 6. The van der Waals surface area contributed by atoms with Crippen LogP contribution in [0.3, 0.4) is 0 Å². The van der Waals surface area contributed by atoms with Crippen LogP contribution >= 0.6 is 0 Å². The van der Waals surface area contributed by atoms with Crippen molar-refractivity contribution in [1.29, 1.82) is 0 Å². The summed E-state index contributed by atoms with van der Waals surface area (Å²) in [6.07, 6.45) is 4.67. The number of hydrogen-bond acceptors (Lipinski definition) is 5. The molecule has 1 rings (SSSR count). The largest absolute Gasteiger partial charge is 0.497 e. The second-order valence-electron chi connectivity index (χ2n) is 4.36. The van der Waals surface area contributed by atoms with Gasteiger partial charge in [-0.2, -0.15) is 8.42 Å². The van der Waals surface area contributed by atoms with E-state index < -0.39 is 16.2 Å². The minimum Gasteiger partial charge on any atom is -0.497 e. The average Bonchev–Trinajstić information content (AvgIpc) is 2.33. The molecular weight excluding hydrogens is 280 g/mol. The fourth-order valence-electron chi connectivity index (χ4n) is 1.68. The lowest BCUT2D eigenvalue weighted by Crippen LogP contribution is -2.15. The molecule has 20 heavy (non-hydrogen) atoms. The first-order valence-corrected chi connectivity index (χ1v) is 7.40. The maximum absolute atomic E-state index is 12.3. The standard InChI is InChI=1S/C14H18O5S/c1-6-7-18-13-9-12(17-5)8-11(4)14(13)20(15,16)19-10(2)3/h1,8-10H,7H2,2-5H3. The van der Waals surface area contributed by atoms with Gasteiger partial charge in [-0.25, -0.2) is 0 Å². The van der Waals surface area contributed by atoms with Crippen molar-refractivity contribution in [2.75, 3.05) is 13.7 Å². The van der Waals surface area contributed by atoms with Crippen LogP contribution in [-0.4, -0.2) is 28.2 Å². The van der Waals surface area contributed by atoms with Crippen molar-refractivity contribution in [2.24, 2.45) is 0 Å². The molecule has 0 bridgehead atoms. The molecule has 0 heterocycles. The third-order valence-electron chi connectivity index (χ3n) is 2.33. The summed E-state index contributed by atoms with van der Waals surface area (Å²) in [7, 11) is -2.44. The lowest BCUT2D eigenvalue weighted by molar-refractivity contribution is 0.246. The number of terminal acetylenes is 1. The Labute approximate surface area is 120 Å². The Balaban J connectivity index is 3.40. The van der Waals surface area contributed by atoms with Crippen molar-refractivity contribution in [2.45, 2.75) is 31.8 Å². The minimum absolute atomic E-state index is 0.0257. The highest BCUT2D eigenvalue weighted by molar-refractivity contribution is 7.87. The van der Waals surface area contributed by atoms with Gasteiger partial charge in [-0.05, 0) is 32.4 Å². The summed E-state index contributed by atoms with van der Waals surface area (Å²) in [5.74, 6) is 2.90. The van der Waals surface area contributed by atoms with Gasteiger partial charge < -0.3 is 9.47 Å². The molecular formula is C14H18O5S. The van der Waals surface area contributed by atoms with Gasteiger partial charge in [-0.1, -0.05) is 5.92 Å². The van der Waals surface area contributed by atoms with Gasteiger partial charge in [-0.15, -0.1) is 6.42 Å². The molecule has 1 aromatic rings. The van der Waals surface area contributed by atoms with Crippen molar-refractivity contribution in [3.8, 4) is 23.8 Å². The fourth-order valence-corrected chi connectivity index (χ4v) is 3.10. The third kappa shape index (κ3) is 3.89. The molecule has 0 aliphatic carbocycles. The van der Waals surface area contributed by atoms with Crippen LogP contribution in [0, 0.1) is 19.3 Å². The van der Waals surface area contributed by atoms with Gasteiger partial charge in [-0.3, -0.25) is 4.18 Å². The Hall–Kier alpha value is -1.71.